The predicted molar refractivity (Wildman–Crippen MR) is 78.3 cm³/mol. The van der Waals surface area contributed by atoms with Crippen molar-refractivity contribution in [3.8, 4) is 0 Å². The van der Waals surface area contributed by atoms with Crippen molar-refractivity contribution in [1.29, 1.82) is 0 Å². The first-order valence-electron chi connectivity index (χ1n) is 5.86. The van der Waals surface area contributed by atoms with E-state index in [4.69, 9.17) is 11.6 Å². The standard InChI is InChI=1S/C15H14ClFOS/c1-19-13-5-2-10(3-6-13)15(18)9-11-8-12(17)4-7-14(11)16/h2-8,15,18H,9H2,1H3. The van der Waals surface area contributed by atoms with Gasteiger partial charge >= 0.3 is 0 Å². The first kappa shape index (κ1) is 14.4. The van der Waals surface area contributed by atoms with Gasteiger partial charge in [0, 0.05) is 16.3 Å². The average molecular weight is 297 g/mol. The van der Waals surface area contributed by atoms with Gasteiger partial charge in [0.05, 0.1) is 6.10 Å². The molecular weight excluding hydrogens is 283 g/mol. The summed E-state index contributed by atoms with van der Waals surface area (Å²) in [6, 6.07) is 11.9. The molecule has 2 aromatic carbocycles. The summed E-state index contributed by atoms with van der Waals surface area (Å²) in [5.74, 6) is -0.343. The number of hydrogen-bond donors (Lipinski definition) is 1. The van der Waals surface area contributed by atoms with Crippen LogP contribution in [0.5, 0.6) is 0 Å². The van der Waals surface area contributed by atoms with E-state index in [2.05, 4.69) is 0 Å². The number of halogens is 2. The second-order valence-electron chi connectivity index (χ2n) is 4.23. The Morgan fingerprint density at radius 1 is 1.21 bits per heavy atom. The average Bonchev–Trinajstić information content (AvgIpc) is 2.43. The van der Waals surface area contributed by atoms with Gasteiger partial charge in [0.25, 0.3) is 0 Å². The third-order valence-corrected chi connectivity index (χ3v) is 4.03. The number of rotatable bonds is 4. The molecule has 0 heterocycles. The van der Waals surface area contributed by atoms with Crippen molar-refractivity contribution in [2.75, 3.05) is 6.26 Å². The van der Waals surface area contributed by atoms with Gasteiger partial charge in [0.2, 0.25) is 0 Å². The second kappa shape index (κ2) is 6.42. The molecule has 0 bridgehead atoms. The number of aliphatic hydroxyl groups excluding tert-OH is 1. The summed E-state index contributed by atoms with van der Waals surface area (Å²) in [6.45, 7) is 0. The quantitative estimate of drug-likeness (QED) is 0.840. The molecule has 0 fully saturated rings. The Kier molecular flexibility index (Phi) is 4.86. The smallest absolute Gasteiger partial charge is 0.123 e. The summed E-state index contributed by atoms with van der Waals surface area (Å²) in [4.78, 5) is 1.14. The minimum absolute atomic E-state index is 0.301. The molecule has 0 aliphatic carbocycles. The largest absolute Gasteiger partial charge is 0.388 e. The van der Waals surface area contributed by atoms with E-state index in [1.54, 1.807) is 11.8 Å². The first-order valence-corrected chi connectivity index (χ1v) is 7.46. The van der Waals surface area contributed by atoms with Crippen LogP contribution >= 0.6 is 23.4 Å². The summed E-state index contributed by atoms with van der Waals surface area (Å²) in [6.07, 6.45) is 1.61. The molecule has 2 aromatic rings. The van der Waals surface area contributed by atoms with E-state index < -0.39 is 6.10 Å². The van der Waals surface area contributed by atoms with Crippen molar-refractivity contribution in [3.63, 3.8) is 0 Å². The topological polar surface area (TPSA) is 20.2 Å². The minimum atomic E-state index is -0.685. The van der Waals surface area contributed by atoms with Crippen LogP contribution in [-0.2, 0) is 6.42 Å². The molecule has 0 amide bonds. The van der Waals surface area contributed by atoms with E-state index in [1.807, 2.05) is 30.5 Å². The SMILES string of the molecule is CSc1ccc(C(O)Cc2cc(F)ccc2Cl)cc1. The molecule has 0 spiro atoms. The molecule has 0 aromatic heterocycles. The van der Waals surface area contributed by atoms with Gasteiger partial charge in [-0.25, -0.2) is 4.39 Å². The molecule has 0 aliphatic rings. The molecule has 19 heavy (non-hydrogen) atoms. The van der Waals surface area contributed by atoms with Crippen LogP contribution in [-0.4, -0.2) is 11.4 Å². The van der Waals surface area contributed by atoms with Crippen molar-refractivity contribution < 1.29 is 9.50 Å². The Morgan fingerprint density at radius 3 is 2.53 bits per heavy atom. The molecule has 0 aliphatic heterocycles. The maximum absolute atomic E-state index is 13.2. The first-order chi connectivity index (χ1) is 9.10. The summed E-state index contributed by atoms with van der Waals surface area (Å²) < 4.78 is 13.2. The van der Waals surface area contributed by atoms with E-state index >= 15 is 0 Å². The molecule has 2 rings (SSSR count). The molecule has 1 nitrogen and oxygen atoms in total. The lowest BCUT2D eigenvalue weighted by Crippen LogP contribution is -2.02. The fraction of sp³-hybridized carbons (Fsp3) is 0.200. The minimum Gasteiger partial charge on any atom is -0.388 e. The Hall–Kier alpha value is -1.03. The summed E-state index contributed by atoms with van der Waals surface area (Å²) in [5.41, 5.74) is 1.42. The van der Waals surface area contributed by atoms with Crippen LogP contribution in [0.2, 0.25) is 5.02 Å². The van der Waals surface area contributed by atoms with Crippen LogP contribution in [0.3, 0.4) is 0 Å². The van der Waals surface area contributed by atoms with Gasteiger partial charge in [-0.2, -0.15) is 0 Å². The maximum Gasteiger partial charge on any atom is 0.123 e. The Balaban J connectivity index is 2.15. The second-order valence-corrected chi connectivity index (χ2v) is 5.52. The van der Waals surface area contributed by atoms with E-state index in [9.17, 15) is 9.50 Å². The van der Waals surface area contributed by atoms with Crippen LogP contribution in [0.15, 0.2) is 47.4 Å². The van der Waals surface area contributed by atoms with Gasteiger partial charge in [-0.15, -0.1) is 11.8 Å². The van der Waals surface area contributed by atoms with Gasteiger partial charge in [-0.05, 0) is 47.7 Å². The molecule has 0 saturated heterocycles. The van der Waals surface area contributed by atoms with Gasteiger partial charge in [-0.3, -0.25) is 0 Å². The van der Waals surface area contributed by atoms with Crippen molar-refractivity contribution in [1.82, 2.24) is 0 Å². The van der Waals surface area contributed by atoms with Crippen LogP contribution in [0.4, 0.5) is 4.39 Å². The van der Waals surface area contributed by atoms with Crippen LogP contribution in [0.1, 0.15) is 17.2 Å². The van der Waals surface area contributed by atoms with E-state index in [1.165, 1.54) is 18.2 Å². The summed E-state index contributed by atoms with van der Waals surface area (Å²) in [7, 11) is 0. The highest BCUT2D eigenvalue weighted by Crippen LogP contribution is 2.25. The van der Waals surface area contributed by atoms with Crippen LogP contribution < -0.4 is 0 Å². The van der Waals surface area contributed by atoms with Crippen molar-refractivity contribution in [3.05, 3.63) is 64.4 Å². The zero-order chi connectivity index (χ0) is 13.8. The molecular formula is C15H14ClFOS. The van der Waals surface area contributed by atoms with Crippen LogP contribution in [0, 0.1) is 5.82 Å². The third kappa shape index (κ3) is 3.72. The van der Waals surface area contributed by atoms with E-state index in [0.29, 0.717) is 17.0 Å². The molecule has 1 atom stereocenters. The summed E-state index contributed by atoms with van der Waals surface area (Å²) >= 11 is 7.64. The highest BCUT2D eigenvalue weighted by atomic mass is 35.5. The molecule has 0 radical (unpaired) electrons. The number of benzene rings is 2. The zero-order valence-corrected chi connectivity index (χ0v) is 12.0. The summed E-state index contributed by atoms with van der Waals surface area (Å²) in [5, 5.41) is 10.6. The third-order valence-electron chi connectivity index (χ3n) is 2.92. The van der Waals surface area contributed by atoms with Gasteiger partial charge in [-0.1, -0.05) is 23.7 Å². The van der Waals surface area contributed by atoms with Crippen LogP contribution in [0.25, 0.3) is 0 Å². The highest BCUT2D eigenvalue weighted by molar-refractivity contribution is 7.98. The van der Waals surface area contributed by atoms with Gasteiger partial charge in [0.1, 0.15) is 5.82 Å². The fourth-order valence-electron chi connectivity index (χ4n) is 1.85. The highest BCUT2D eigenvalue weighted by Gasteiger charge is 2.11. The Morgan fingerprint density at radius 2 is 1.89 bits per heavy atom. The molecule has 4 heteroatoms. The predicted octanol–water partition coefficient (Wildman–Crippen LogP) is 4.48. The number of thioether (sulfide) groups is 1. The Labute approximate surface area is 121 Å². The van der Waals surface area contributed by atoms with E-state index in [-0.39, 0.29) is 5.82 Å². The van der Waals surface area contributed by atoms with Gasteiger partial charge in [0.15, 0.2) is 0 Å². The zero-order valence-electron chi connectivity index (χ0n) is 10.4. The Bertz CT molecular complexity index is 557. The monoisotopic (exact) mass is 296 g/mol. The normalized spacial score (nSPS) is 12.4. The molecule has 1 unspecified atom stereocenters. The molecule has 100 valence electrons. The lowest BCUT2D eigenvalue weighted by atomic mass is 10.0. The van der Waals surface area contributed by atoms with Crippen molar-refractivity contribution >= 4 is 23.4 Å². The van der Waals surface area contributed by atoms with Crippen molar-refractivity contribution in [2.45, 2.75) is 17.4 Å². The molecule has 0 saturated carbocycles. The number of hydrogen-bond acceptors (Lipinski definition) is 2. The molecule has 1 N–H and O–H groups in total. The maximum atomic E-state index is 13.2. The lowest BCUT2D eigenvalue weighted by Gasteiger charge is -2.12. The fourth-order valence-corrected chi connectivity index (χ4v) is 2.45. The number of aliphatic hydroxyl groups is 1. The lowest BCUT2D eigenvalue weighted by molar-refractivity contribution is 0.178. The van der Waals surface area contributed by atoms with Gasteiger partial charge < -0.3 is 5.11 Å². The van der Waals surface area contributed by atoms with E-state index in [0.717, 1.165) is 10.5 Å². The van der Waals surface area contributed by atoms with Crippen molar-refractivity contribution in [2.24, 2.45) is 0 Å².